The maximum Gasteiger partial charge on any atom is 0.417 e. The highest BCUT2D eigenvalue weighted by Crippen LogP contribution is 2.36. The monoisotopic (exact) mass is 519 g/mol. The fourth-order valence-corrected chi connectivity index (χ4v) is 4.33. The van der Waals surface area contributed by atoms with E-state index in [1.54, 1.807) is 35.8 Å². The van der Waals surface area contributed by atoms with Gasteiger partial charge in [0.2, 0.25) is 21.9 Å². The number of nitrogens with one attached hydrogen (secondary N) is 1. The standard InChI is InChI=1S/C19H16F3N11O2S/c1-31-9-26-14-15(31)29-17(28-10-3-4-11(19(20,21)22)12(7-10)36(23,34)35)30-16(14)32(2)18-24-6-5-13-25-8-27-33(13)18/h3-9H,1-2H3,(H2,23,34,35)(H,28,29,30). The number of hydrogen-bond acceptors (Lipinski definition) is 10. The Bertz CT molecular complexity index is 1730. The summed E-state index contributed by atoms with van der Waals surface area (Å²) in [5.41, 5.74) is -0.0813. The molecule has 0 aliphatic rings. The quantitative estimate of drug-likeness (QED) is 0.351. The van der Waals surface area contributed by atoms with Crippen molar-refractivity contribution in [3.63, 3.8) is 0 Å². The number of sulfonamides is 1. The highest BCUT2D eigenvalue weighted by atomic mass is 32.2. The minimum atomic E-state index is -4.92. The van der Waals surface area contributed by atoms with Crippen molar-refractivity contribution in [3.05, 3.63) is 48.7 Å². The number of rotatable bonds is 5. The molecule has 0 amide bonds. The minimum Gasteiger partial charge on any atom is -0.324 e. The van der Waals surface area contributed by atoms with Crippen LogP contribution in [-0.4, -0.2) is 54.6 Å². The lowest BCUT2D eigenvalue weighted by atomic mass is 10.2. The molecule has 186 valence electrons. The molecule has 4 aromatic heterocycles. The Hall–Kier alpha value is -4.38. The van der Waals surface area contributed by atoms with Gasteiger partial charge in [-0.2, -0.15) is 32.8 Å². The predicted molar refractivity (Wildman–Crippen MR) is 121 cm³/mol. The summed E-state index contributed by atoms with van der Waals surface area (Å²) in [4.78, 5) is 22.2. The van der Waals surface area contributed by atoms with Gasteiger partial charge < -0.3 is 9.88 Å². The van der Waals surface area contributed by atoms with Crippen LogP contribution in [0.25, 0.3) is 16.8 Å². The summed E-state index contributed by atoms with van der Waals surface area (Å²) in [5.74, 6) is 0.601. The molecule has 13 nitrogen and oxygen atoms in total. The highest BCUT2D eigenvalue weighted by molar-refractivity contribution is 7.89. The topological polar surface area (TPSA) is 162 Å². The number of aromatic nitrogens is 8. The van der Waals surface area contributed by atoms with Gasteiger partial charge in [-0.25, -0.2) is 28.5 Å². The zero-order chi connectivity index (χ0) is 25.8. The van der Waals surface area contributed by atoms with Gasteiger partial charge in [0.1, 0.15) is 6.33 Å². The van der Waals surface area contributed by atoms with Gasteiger partial charge in [-0.15, -0.1) is 0 Å². The van der Waals surface area contributed by atoms with E-state index in [2.05, 4.69) is 35.3 Å². The Labute approximate surface area is 200 Å². The molecule has 0 unspecified atom stereocenters. The fourth-order valence-electron chi connectivity index (χ4n) is 3.55. The molecule has 0 bridgehead atoms. The third kappa shape index (κ3) is 4.03. The smallest absolute Gasteiger partial charge is 0.324 e. The van der Waals surface area contributed by atoms with Crippen molar-refractivity contribution in [1.29, 1.82) is 0 Å². The van der Waals surface area contributed by atoms with E-state index < -0.39 is 26.7 Å². The lowest BCUT2D eigenvalue weighted by Crippen LogP contribution is -2.19. The zero-order valence-corrected chi connectivity index (χ0v) is 19.3. The van der Waals surface area contributed by atoms with Crippen LogP contribution in [-0.2, 0) is 23.2 Å². The van der Waals surface area contributed by atoms with Crippen molar-refractivity contribution in [2.45, 2.75) is 11.1 Å². The number of alkyl halides is 3. The van der Waals surface area contributed by atoms with E-state index in [1.165, 1.54) is 17.2 Å². The van der Waals surface area contributed by atoms with Crippen molar-refractivity contribution < 1.29 is 21.6 Å². The first kappa shape index (κ1) is 23.4. The molecule has 0 fully saturated rings. The molecule has 0 spiro atoms. The normalized spacial score (nSPS) is 12.4. The van der Waals surface area contributed by atoms with E-state index >= 15 is 0 Å². The van der Waals surface area contributed by atoms with Gasteiger partial charge in [0, 0.05) is 32.0 Å². The molecule has 17 heteroatoms. The van der Waals surface area contributed by atoms with Crippen molar-refractivity contribution in [2.24, 2.45) is 12.2 Å². The fraction of sp³-hybridized carbons (Fsp3) is 0.158. The summed E-state index contributed by atoms with van der Waals surface area (Å²) in [7, 11) is -1.32. The van der Waals surface area contributed by atoms with Crippen LogP contribution >= 0.6 is 0 Å². The van der Waals surface area contributed by atoms with Gasteiger partial charge in [-0.05, 0) is 18.2 Å². The maximum absolute atomic E-state index is 13.3. The first-order valence-electron chi connectivity index (χ1n) is 10.0. The molecule has 0 saturated carbocycles. The van der Waals surface area contributed by atoms with Crippen LogP contribution in [0.1, 0.15) is 5.56 Å². The second-order valence-corrected chi connectivity index (χ2v) is 9.14. The average Bonchev–Trinajstić information content (AvgIpc) is 3.44. The summed E-state index contributed by atoms with van der Waals surface area (Å²) in [6, 6.07) is 4.11. The summed E-state index contributed by atoms with van der Waals surface area (Å²) in [5, 5.41) is 11.9. The summed E-state index contributed by atoms with van der Waals surface area (Å²) < 4.78 is 66.8. The molecule has 36 heavy (non-hydrogen) atoms. The van der Waals surface area contributed by atoms with Gasteiger partial charge in [0.05, 0.1) is 16.8 Å². The molecular formula is C19H16F3N11O2S. The maximum atomic E-state index is 13.3. The van der Waals surface area contributed by atoms with Crippen molar-refractivity contribution in [2.75, 3.05) is 17.3 Å². The summed E-state index contributed by atoms with van der Waals surface area (Å²) in [6.07, 6.45) is -0.495. The molecular weight excluding hydrogens is 503 g/mol. The molecule has 5 aromatic rings. The van der Waals surface area contributed by atoms with Crippen LogP contribution in [0.3, 0.4) is 0 Å². The molecule has 3 N–H and O–H groups in total. The Morgan fingerprint density at radius 2 is 1.89 bits per heavy atom. The molecule has 0 saturated heterocycles. The first-order valence-corrected chi connectivity index (χ1v) is 11.6. The Morgan fingerprint density at radius 3 is 2.61 bits per heavy atom. The van der Waals surface area contributed by atoms with E-state index in [9.17, 15) is 21.6 Å². The number of anilines is 4. The number of aryl methyl sites for hydroxylation is 1. The van der Waals surface area contributed by atoms with Crippen LogP contribution in [0.15, 0.2) is 48.0 Å². The number of nitrogens with two attached hydrogens (primary N) is 1. The first-order chi connectivity index (χ1) is 16.9. The van der Waals surface area contributed by atoms with E-state index in [0.717, 1.165) is 12.1 Å². The lowest BCUT2D eigenvalue weighted by molar-refractivity contribution is -0.139. The van der Waals surface area contributed by atoms with Crippen LogP contribution in [0.5, 0.6) is 0 Å². The number of halogens is 3. The summed E-state index contributed by atoms with van der Waals surface area (Å²) in [6.45, 7) is 0. The molecule has 4 heterocycles. The van der Waals surface area contributed by atoms with Gasteiger partial charge >= 0.3 is 6.18 Å². The average molecular weight is 519 g/mol. The number of fused-ring (bicyclic) bond motifs is 2. The van der Waals surface area contributed by atoms with Gasteiger partial charge in [0.15, 0.2) is 22.6 Å². The summed E-state index contributed by atoms with van der Waals surface area (Å²) >= 11 is 0. The molecule has 0 atom stereocenters. The Kier molecular flexibility index (Phi) is 5.25. The third-order valence-corrected chi connectivity index (χ3v) is 6.14. The largest absolute Gasteiger partial charge is 0.417 e. The van der Waals surface area contributed by atoms with E-state index in [-0.39, 0.29) is 17.5 Å². The lowest BCUT2D eigenvalue weighted by Gasteiger charge is -2.19. The van der Waals surface area contributed by atoms with Crippen LogP contribution in [0.4, 0.5) is 36.6 Å². The number of primary sulfonamides is 1. The van der Waals surface area contributed by atoms with E-state index in [4.69, 9.17) is 5.14 Å². The predicted octanol–water partition coefficient (Wildman–Crippen LogP) is 1.98. The Morgan fingerprint density at radius 1 is 1.11 bits per heavy atom. The highest BCUT2D eigenvalue weighted by Gasteiger charge is 2.36. The second-order valence-electron chi connectivity index (χ2n) is 7.61. The van der Waals surface area contributed by atoms with E-state index in [0.29, 0.717) is 28.8 Å². The van der Waals surface area contributed by atoms with Gasteiger partial charge in [-0.3, -0.25) is 4.90 Å². The number of benzene rings is 1. The number of imidazole rings is 1. The Balaban J connectivity index is 1.62. The number of nitrogens with zero attached hydrogens (tertiary/aromatic N) is 9. The third-order valence-electron chi connectivity index (χ3n) is 5.19. The molecule has 0 radical (unpaired) electrons. The van der Waals surface area contributed by atoms with E-state index in [1.807, 2.05) is 0 Å². The second kappa shape index (κ2) is 8.09. The van der Waals surface area contributed by atoms with Crippen molar-refractivity contribution in [1.82, 2.24) is 39.1 Å². The zero-order valence-electron chi connectivity index (χ0n) is 18.5. The number of hydrogen-bond donors (Lipinski definition) is 2. The molecule has 1 aromatic carbocycles. The van der Waals surface area contributed by atoms with Gasteiger partial charge in [-0.1, -0.05) is 0 Å². The van der Waals surface area contributed by atoms with Crippen LogP contribution < -0.4 is 15.4 Å². The van der Waals surface area contributed by atoms with Crippen LogP contribution in [0, 0.1) is 0 Å². The minimum absolute atomic E-state index is 0.0290. The van der Waals surface area contributed by atoms with Gasteiger partial charge in [0.25, 0.3) is 0 Å². The SMILES string of the molecule is CN(c1nc(Nc2ccc(C(F)(F)F)c(S(N)(=O)=O)c2)nc2c1ncn2C)c1nccc2ncnn12. The van der Waals surface area contributed by atoms with Crippen LogP contribution in [0.2, 0.25) is 0 Å². The van der Waals surface area contributed by atoms with Crippen molar-refractivity contribution >= 4 is 50.2 Å². The molecule has 0 aliphatic carbocycles. The molecule has 0 aliphatic heterocycles. The molecule has 5 rings (SSSR count). The van der Waals surface area contributed by atoms with Crippen molar-refractivity contribution in [3.8, 4) is 0 Å².